The quantitative estimate of drug-likeness (QED) is 0.267. The molecule has 0 bridgehead atoms. The van der Waals surface area contributed by atoms with Crippen LogP contribution in [-0.4, -0.2) is 24.3 Å². The van der Waals surface area contributed by atoms with Crippen LogP contribution in [0.3, 0.4) is 0 Å². The summed E-state index contributed by atoms with van der Waals surface area (Å²) in [5.41, 5.74) is 5.41. The summed E-state index contributed by atoms with van der Waals surface area (Å²) in [4.78, 5) is 36.1. The van der Waals surface area contributed by atoms with Gasteiger partial charge in [0.15, 0.2) is 0 Å². The number of halogens is 2. The van der Waals surface area contributed by atoms with Gasteiger partial charge >= 0.3 is 0 Å². The number of benzene rings is 2. The van der Waals surface area contributed by atoms with Gasteiger partial charge in [-0.3, -0.25) is 25.2 Å². The third-order valence-corrected chi connectivity index (χ3v) is 5.28. The second-order valence-corrected chi connectivity index (χ2v) is 8.31. The van der Waals surface area contributed by atoms with Crippen molar-refractivity contribution in [3.63, 3.8) is 0 Å². The Morgan fingerprint density at radius 3 is 2.24 bits per heavy atom. The van der Waals surface area contributed by atoms with Gasteiger partial charge < -0.3 is 10.1 Å². The van der Waals surface area contributed by atoms with Gasteiger partial charge in [-0.2, -0.15) is 0 Å². The van der Waals surface area contributed by atoms with Crippen LogP contribution in [0.25, 0.3) is 0 Å². The minimum atomic E-state index is -0.497. The van der Waals surface area contributed by atoms with Crippen LogP contribution in [0.15, 0.2) is 42.5 Å². The first-order chi connectivity index (χ1) is 15.9. The Bertz CT molecular complexity index is 936. The van der Waals surface area contributed by atoms with Crippen molar-refractivity contribution in [2.24, 2.45) is 0 Å². The fourth-order valence-corrected chi connectivity index (χ4v) is 3.35. The molecule has 2 aromatic rings. The lowest BCUT2D eigenvalue weighted by Crippen LogP contribution is -2.41. The van der Waals surface area contributed by atoms with Crippen molar-refractivity contribution >= 4 is 46.6 Å². The van der Waals surface area contributed by atoms with Crippen LogP contribution < -0.4 is 20.9 Å². The van der Waals surface area contributed by atoms with Crippen LogP contribution in [0.1, 0.15) is 62.2 Å². The average molecular weight is 494 g/mol. The molecule has 2 rings (SSSR count). The van der Waals surface area contributed by atoms with Gasteiger partial charge in [-0.05, 0) is 48.9 Å². The maximum Gasteiger partial charge on any atom is 0.269 e. The van der Waals surface area contributed by atoms with E-state index in [0.717, 1.165) is 12.8 Å². The lowest BCUT2D eigenvalue weighted by Gasteiger charge is -2.10. The van der Waals surface area contributed by atoms with E-state index in [1.165, 1.54) is 25.3 Å². The smallest absolute Gasteiger partial charge is 0.269 e. The van der Waals surface area contributed by atoms with Crippen LogP contribution in [0.4, 0.5) is 5.69 Å². The summed E-state index contributed by atoms with van der Waals surface area (Å²) < 4.78 is 5.68. The van der Waals surface area contributed by atoms with Gasteiger partial charge in [0.2, 0.25) is 11.8 Å². The van der Waals surface area contributed by atoms with Crippen LogP contribution in [0.5, 0.6) is 5.75 Å². The highest BCUT2D eigenvalue weighted by molar-refractivity contribution is 6.36. The van der Waals surface area contributed by atoms with Gasteiger partial charge in [0.05, 0.1) is 17.3 Å². The summed E-state index contributed by atoms with van der Waals surface area (Å²) in [6, 6.07) is 11.4. The molecule has 3 amide bonds. The van der Waals surface area contributed by atoms with Crippen molar-refractivity contribution in [2.45, 2.75) is 51.9 Å². The SMILES string of the molecule is CCCCCCCOc1ccc(C(=O)NNC(=O)CCC(=O)Nc2ccc(Cl)cc2Cl)cc1. The van der Waals surface area contributed by atoms with Gasteiger partial charge in [0.25, 0.3) is 5.91 Å². The van der Waals surface area contributed by atoms with Crippen molar-refractivity contribution in [1.29, 1.82) is 0 Å². The Balaban J connectivity index is 1.66. The molecule has 33 heavy (non-hydrogen) atoms. The zero-order chi connectivity index (χ0) is 24.1. The molecular formula is C24H29Cl2N3O4. The molecule has 0 radical (unpaired) electrons. The summed E-state index contributed by atoms with van der Waals surface area (Å²) in [7, 11) is 0. The number of amides is 3. The Morgan fingerprint density at radius 2 is 1.55 bits per heavy atom. The topological polar surface area (TPSA) is 96.5 Å². The molecule has 0 unspecified atom stereocenters. The molecule has 0 fully saturated rings. The molecule has 178 valence electrons. The summed E-state index contributed by atoms with van der Waals surface area (Å²) in [5.74, 6) is -0.657. The van der Waals surface area contributed by atoms with Crippen molar-refractivity contribution in [3.8, 4) is 5.75 Å². The number of hydrogen-bond acceptors (Lipinski definition) is 4. The Hall–Kier alpha value is -2.77. The average Bonchev–Trinajstić information content (AvgIpc) is 2.80. The zero-order valence-electron chi connectivity index (χ0n) is 18.6. The minimum Gasteiger partial charge on any atom is -0.494 e. The predicted octanol–water partition coefficient (Wildman–Crippen LogP) is 5.52. The van der Waals surface area contributed by atoms with Gasteiger partial charge in [-0.15, -0.1) is 0 Å². The van der Waals surface area contributed by atoms with E-state index in [0.29, 0.717) is 33.7 Å². The molecule has 0 heterocycles. The molecule has 0 atom stereocenters. The number of nitrogens with one attached hydrogen (secondary N) is 3. The van der Waals surface area contributed by atoms with E-state index >= 15 is 0 Å². The highest BCUT2D eigenvalue weighted by Crippen LogP contribution is 2.25. The summed E-state index contributed by atoms with van der Waals surface area (Å²) >= 11 is 11.8. The van der Waals surface area contributed by atoms with Crippen LogP contribution in [-0.2, 0) is 9.59 Å². The molecule has 0 aliphatic heterocycles. The van der Waals surface area contributed by atoms with Crippen molar-refractivity contribution in [2.75, 3.05) is 11.9 Å². The van der Waals surface area contributed by atoms with Gasteiger partial charge in [-0.25, -0.2) is 0 Å². The number of ether oxygens (including phenoxy) is 1. The van der Waals surface area contributed by atoms with Gasteiger partial charge in [-0.1, -0.05) is 55.8 Å². The molecule has 9 heteroatoms. The molecule has 7 nitrogen and oxygen atoms in total. The van der Waals surface area contributed by atoms with Crippen LogP contribution in [0, 0.1) is 0 Å². The number of rotatable bonds is 12. The van der Waals surface area contributed by atoms with Crippen molar-refractivity contribution in [3.05, 3.63) is 58.1 Å². The second-order valence-electron chi connectivity index (χ2n) is 7.46. The molecule has 0 saturated heterocycles. The zero-order valence-corrected chi connectivity index (χ0v) is 20.1. The monoisotopic (exact) mass is 493 g/mol. The highest BCUT2D eigenvalue weighted by atomic mass is 35.5. The molecule has 0 saturated carbocycles. The van der Waals surface area contributed by atoms with Crippen LogP contribution in [0.2, 0.25) is 10.0 Å². The van der Waals surface area contributed by atoms with Crippen molar-refractivity contribution in [1.82, 2.24) is 10.9 Å². The van der Waals surface area contributed by atoms with E-state index < -0.39 is 11.8 Å². The van der Waals surface area contributed by atoms with E-state index in [9.17, 15) is 14.4 Å². The molecule has 2 aromatic carbocycles. The second kappa shape index (κ2) is 14.4. The number of anilines is 1. The summed E-state index contributed by atoms with van der Waals surface area (Å²) in [6.07, 6.45) is 5.62. The molecule has 0 spiro atoms. The molecular weight excluding hydrogens is 465 g/mol. The molecule has 0 aromatic heterocycles. The largest absolute Gasteiger partial charge is 0.494 e. The first-order valence-electron chi connectivity index (χ1n) is 11.0. The standard InChI is InChI=1S/C24H29Cl2N3O4/c1-2-3-4-5-6-15-33-19-10-7-17(8-11-19)24(32)29-28-23(31)14-13-22(30)27-21-12-9-18(25)16-20(21)26/h7-12,16H,2-6,13-15H2,1H3,(H,27,30)(H,28,31)(H,29,32). The summed E-state index contributed by atoms with van der Waals surface area (Å²) in [5, 5.41) is 3.36. The molecule has 0 aliphatic rings. The normalized spacial score (nSPS) is 10.4. The third kappa shape index (κ3) is 10.1. The Labute approximate surface area is 204 Å². The number of carbonyl (C=O) groups is 3. The minimum absolute atomic E-state index is 0.0782. The highest BCUT2D eigenvalue weighted by Gasteiger charge is 2.11. The lowest BCUT2D eigenvalue weighted by molar-refractivity contribution is -0.124. The first-order valence-corrected chi connectivity index (χ1v) is 11.7. The van der Waals surface area contributed by atoms with Crippen LogP contribution >= 0.6 is 23.2 Å². The number of hydrogen-bond donors (Lipinski definition) is 3. The predicted molar refractivity (Wildman–Crippen MR) is 131 cm³/mol. The van der Waals surface area contributed by atoms with E-state index in [2.05, 4.69) is 23.1 Å². The number of hydrazine groups is 1. The number of carbonyl (C=O) groups excluding carboxylic acids is 3. The van der Waals surface area contributed by atoms with Gasteiger partial charge in [0.1, 0.15) is 5.75 Å². The van der Waals surface area contributed by atoms with Gasteiger partial charge in [0, 0.05) is 23.4 Å². The lowest BCUT2D eigenvalue weighted by atomic mass is 10.2. The van der Waals surface area contributed by atoms with E-state index in [1.54, 1.807) is 36.4 Å². The van der Waals surface area contributed by atoms with E-state index in [1.807, 2.05) is 0 Å². The summed E-state index contributed by atoms with van der Waals surface area (Å²) in [6.45, 7) is 2.82. The van der Waals surface area contributed by atoms with E-state index in [-0.39, 0.29) is 18.7 Å². The van der Waals surface area contributed by atoms with E-state index in [4.69, 9.17) is 27.9 Å². The Kier molecular flexibility index (Phi) is 11.6. The number of unbranched alkanes of at least 4 members (excludes halogenated alkanes) is 4. The fourth-order valence-electron chi connectivity index (χ4n) is 2.89. The first kappa shape index (κ1) is 26.5. The fraction of sp³-hybridized carbons (Fsp3) is 0.375. The maximum absolute atomic E-state index is 12.2. The third-order valence-electron chi connectivity index (χ3n) is 4.73. The Morgan fingerprint density at radius 1 is 0.848 bits per heavy atom. The molecule has 3 N–H and O–H groups in total. The maximum atomic E-state index is 12.2. The van der Waals surface area contributed by atoms with Crippen molar-refractivity contribution < 1.29 is 19.1 Å². The molecule has 0 aliphatic carbocycles.